The molecule has 0 radical (unpaired) electrons. The lowest BCUT2D eigenvalue weighted by Crippen LogP contribution is -2.21. The van der Waals surface area contributed by atoms with Crippen LogP contribution < -0.4 is 4.90 Å². The predicted molar refractivity (Wildman–Crippen MR) is 74.8 cm³/mol. The molecule has 2 aromatic heterocycles. The third-order valence-corrected chi connectivity index (χ3v) is 3.31. The molecule has 4 nitrogen and oxygen atoms in total. The Kier molecular flexibility index (Phi) is 3.66. The maximum absolute atomic E-state index is 4.43. The lowest BCUT2D eigenvalue weighted by Gasteiger charge is -2.19. The van der Waals surface area contributed by atoms with Crippen LogP contribution in [-0.4, -0.2) is 33.0 Å². The number of rotatable bonds is 4. The number of alkyl halides is 1. The van der Waals surface area contributed by atoms with E-state index in [9.17, 15) is 0 Å². The molecule has 92 valence electrons. The molecule has 0 aromatic carbocycles. The summed E-state index contributed by atoms with van der Waals surface area (Å²) in [5.74, 6) is 0.955. The molecule has 2 heterocycles. The monoisotopic (exact) mass is 296 g/mol. The Hall–Kier alpha value is -1.10. The molecule has 1 atom stereocenters. The summed E-state index contributed by atoms with van der Waals surface area (Å²) < 4.78 is 2.02. The van der Waals surface area contributed by atoms with Gasteiger partial charge in [-0.3, -0.25) is 0 Å². The number of fused-ring (bicyclic) bond motifs is 1. The van der Waals surface area contributed by atoms with E-state index in [-0.39, 0.29) is 0 Å². The molecule has 2 aromatic rings. The van der Waals surface area contributed by atoms with Crippen molar-refractivity contribution in [3.63, 3.8) is 0 Å². The van der Waals surface area contributed by atoms with Gasteiger partial charge >= 0.3 is 0 Å². The first-order valence-corrected chi connectivity index (χ1v) is 6.62. The summed E-state index contributed by atoms with van der Waals surface area (Å²) in [4.78, 5) is 11.5. The molecular formula is C12H17BrN4. The smallest absolute Gasteiger partial charge is 0.156 e. The number of halogens is 1. The molecule has 2 rings (SSSR count). The van der Waals surface area contributed by atoms with E-state index in [1.54, 1.807) is 0 Å². The van der Waals surface area contributed by atoms with Crippen LogP contribution in [0.1, 0.15) is 13.3 Å². The highest BCUT2D eigenvalue weighted by atomic mass is 79.9. The Bertz CT molecular complexity index is 506. The van der Waals surface area contributed by atoms with Crippen LogP contribution in [0.3, 0.4) is 0 Å². The van der Waals surface area contributed by atoms with Crippen molar-refractivity contribution in [3.05, 3.63) is 18.6 Å². The fourth-order valence-electron chi connectivity index (χ4n) is 1.80. The zero-order chi connectivity index (χ0) is 12.4. The van der Waals surface area contributed by atoms with Gasteiger partial charge in [-0.05, 0) is 12.5 Å². The van der Waals surface area contributed by atoms with Crippen molar-refractivity contribution < 1.29 is 0 Å². The normalized spacial score (nSPS) is 12.9. The molecule has 0 fully saturated rings. The molecule has 17 heavy (non-hydrogen) atoms. The van der Waals surface area contributed by atoms with Gasteiger partial charge in [0.1, 0.15) is 5.52 Å². The Balaban J connectivity index is 2.28. The van der Waals surface area contributed by atoms with E-state index in [0.29, 0.717) is 4.83 Å². The van der Waals surface area contributed by atoms with Crippen LogP contribution in [0.4, 0.5) is 5.82 Å². The number of hydrogen-bond acceptors (Lipinski definition) is 3. The van der Waals surface area contributed by atoms with Crippen LogP contribution in [-0.2, 0) is 7.05 Å². The van der Waals surface area contributed by atoms with E-state index >= 15 is 0 Å². The molecule has 0 N–H and O–H groups in total. The number of aromatic nitrogens is 3. The number of anilines is 1. The van der Waals surface area contributed by atoms with Crippen molar-refractivity contribution in [1.29, 1.82) is 0 Å². The number of imidazole rings is 1. The average molecular weight is 297 g/mol. The van der Waals surface area contributed by atoms with Gasteiger partial charge in [-0.25, -0.2) is 9.97 Å². The minimum Gasteiger partial charge on any atom is -0.358 e. The van der Waals surface area contributed by atoms with E-state index in [1.807, 2.05) is 30.2 Å². The topological polar surface area (TPSA) is 34.0 Å². The zero-order valence-electron chi connectivity index (χ0n) is 10.4. The summed E-state index contributed by atoms with van der Waals surface area (Å²) in [6.45, 7) is 3.12. The van der Waals surface area contributed by atoms with Crippen molar-refractivity contribution >= 4 is 32.8 Å². The highest BCUT2D eigenvalue weighted by Gasteiger charge is 2.11. The quantitative estimate of drug-likeness (QED) is 0.813. The molecule has 0 amide bonds. The number of aryl methyl sites for hydroxylation is 1. The van der Waals surface area contributed by atoms with Crippen molar-refractivity contribution in [2.75, 3.05) is 18.5 Å². The SMILES string of the molecule is CC(Br)CCN(C)c1nccc2c1ncn2C. The van der Waals surface area contributed by atoms with E-state index in [4.69, 9.17) is 0 Å². The van der Waals surface area contributed by atoms with Crippen LogP contribution in [0.15, 0.2) is 18.6 Å². The Morgan fingerprint density at radius 3 is 2.94 bits per heavy atom. The number of hydrogen-bond donors (Lipinski definition) is 0. The van der Waals surface area contributed by atoms with E-state index in [0.717, 1.165) is 29.8 Å². The molecule has 5 heteroatoms. The molecule has 0 saturated heterocycles. The van der Waals surface area contributed by atoms with Crippen LogP contribution in [0.5, 0.6) is 0 Å². The van der Waals surface area contributed by atoms with Gasteiger partial charge in [0.2, 0.25) is 0 Å². The third kappa shape index (κ3) is 2.60. The van der Waals surface area contributed by atoms with Crippen molar-refractivity contribution in [2.24, 2.45) is 7.05 Å². The fraction of sp³-hybridized carbons (Fsp3) is 0.500. The second-order valence-electron chi connectivity index (χ2n) is 4.35. The highest BCUT2D eigenvalue weighted by Crippen LogP contribution is 2.22. The first kappa shape index (κ1) is 12.4. The van der Waals surface area contributed by atoms with Crippen LogP contribution in [0.2, 0.25) is 0 Å². The summed E-state index contributed by atoms with van der Waals surface area (Å²) in [6, 6.07) is 1.99. The molecule has 0 saturated carbocycles. The summed E-state index contributed by atoms with van der Waals surface area (Å²) in [7, 11) is 4.06. The molecule has 0 aliphatic heterocycles. The van der Waals surface area contributed by atoms with E-state index in [1.165, 1.54) is 0 Å². The number of pyridine rings is 1. The summed E-state index contributed by atoms with van der Waals surface area (Å²) in [5.41, 5.74) is 2.09. The minimum absolute atomic E-state index is 0.521. The predicted octanol–water partition coefficient (Wildman–Crippen LogP) is 2.58. The van der Waals surface area contributed by atoms with Crippen LogP contribution in [0, 0.1) is 0 Å². The maximum Gasteiger partial charge on any atom is 0.156 e. The van der Waals surface area contributed by atoms with Crippen LogP contribution >= 0.6 is 15.9 Å². The van der Waals surface area contributed by atoms with Gasteiger partial charge in [0.15, 0.2) is 5.82 Å². The van der Waals surface area contributed by atoms with E-state index < -0.39 is 0 Å². The molecule has 0 bridgehead atoms. The van der Waals surface area contributed by atoms with Crippen molar-refractivity contribution in [2.45, 2.75) is 18.2 Å². The van der Waals surface area contributed by atoms with Crippen LogP contribution in [0.25, 0.3) is 11.0 Å². The van der Waals surface area contributed by atoms with Gasteiger partial charge in [0.05, 0.1) is 11.8 Å². The van der Waals surface area contributed by atoms with Gasteiger partial charge < -0.3 is 9.47 Å². The van der Waals surface area contributed by atoms with Crippen molar-refractivity contribution in [3.8, 4) is 0 Å². The van der Waals surface area contributed by atoms with Gasteiger partial charge in [-0.2, -0.15) is 0 Å². The summed E-state index contributed by atoms with van der Waals surface area (Å²) in [6.07, 6.45) is 4.76. The molecular weight excluding hydrogens is 280 g/mol. The third-order valence-electron chi connectivity index (χ3n) is 2.85. The standard InChI is InChI=1S/C12H17BrN4/c1-9(13)5-7-16(2)12-11-10(4-6-14-12)17(3)8-15-11/h4,6,8-9H,5,7H2,1-3H3. The lowest BCUT2D eigenvalue weighted by molar-refractivity contribution is 0.780. The number of nitrogens with zero attached hydrogens (tertiary/aromatic N) is 4. The average Bonchev–Trinajstić information content (AvgIpc) is 2.68. The zero-order valence-corrected chi connectivity index (χ0v) is 12.0. The van der Waals surface area contributed by atoms with Gasteiger partial charge in [-0.15, -0.1) is 0 Å². The Morgan fingerprint density at radius 1 is 1.47 bits per heavy atom. The second-order valence-corrected chi connectivity index (χ2v) is 5.91. The fourth-order valence-corrected chi connectivity index (χ4v) is 2.01. The first-order chi connectivity index (χ1) is 8.09. The molecule has 0 spiro atoms. The molecule has 0 aliphatic rings. The van der Waals surface area contributed by atoms with Crippen molar-refractivity contribution in [1.82, 2.24) is 14.5 Å². The maximum atomic E-state index is 4.43. The summed E-state index contributed by atoms with van der Waals surface area (Å²) in [5, 5.41) is 0. The Labute approximate surface area is 110 Å². The van der Waals surface area contributed by atoms with E-state index in [2.05, 4.69) is 44.8 Å². The second kappa shape index (κ2) is 5.04. The molecule has 1 unspecified atom stereocenters. The highest BCUT2D eigenvalue weighted by molar-refractivity contribution is 9.09. The minimum atomic E-state index is 0.521. The Morgan fingerprint density at radius 2 is 2.24 bits per heavy atom. The van der Waals surface area contributed by atoms with Gasteiger partial charge in [0.25, 0.3) is 0 Å². The summed E-state index contributed by atoms with van der Waals surface area (Å²) >= 11 is 3.56. The first-order valence-electron chi connectivity index (χ1n) is 5.71. The van der Waals surface area contributed by atoms with Gasteiger partial charge in [-0.1, -0.05) is 22.9 Å². The van der Waals surface area contributed by atoms with Gasteiger partial charge in [0, 0.05) is 31.7 Å². The lowest BCUT2D eigenvalue weighted by atomic mass is 10.3. The largest absolute Gasteiger partial charge is 0.358 e. The molecule has 0 aliphatic carbocycles.